The molecule has 24 heavy (non-hydrogen) atoms. The first-order chi connectivity index (χ1) is 11.6. The molecular weight excluding hydrogens is 328 g/mol. The highest BCUT2D eigenvalue weighted by Crippen LogP contribution is 2.29. The summed E-state index contributed by atoms with van der Waals surface area (Å²) in [7, 11) is 0. The zero-order valence-electron chi connectivity index (χ0n) is 13.6. The minimum Gasteiger partial charge on any atom is -0.478 e. The molecule has 8 heteroatoms. The molecule has 4 N–H and O–H groups in total. The van der Waals surface area contributed by atoms with Crippen LogP contribution in [0.5, 0.6) is 5.75 Å². The average Bonchev–Trinajstić information content (AvgIpc) is 2.57. The van der Waals surface area contributed by atoms with Gasteiger partial charge in [-0.2, -0.15) is 0 Å². The van der Waals surface area contributed by atoms with Crippen molar-refractivity contribution >= 4 is 34.8 Å². The fourth-order valence-corrected chi connectivity index (χ4v) is 2.35. The van der Waals surface area contributed by atoms with Gasteiger partial charge in [0, 0.05) is 6.54 Å². The fourth-order valence-electron chi connectivity index (χ4n) is 2.19. The number of hydrogen-bond acceptors (Lipinski definition) is 4. The van der Waals surface area contributed by atoms with Gasteiger partial charge >= 0.3 is 0 Å². The number of carbonyl (C=O) groups is 2. The number of nitrogens with one attached hydrogen (secondary N) is 4. The SMILES string of the molecule is CCCCCNC(=S)NNC(=O)C[C@@H]1Oc2ccccc2NC1=O. The van der Waals surface area contributed by atoms with Crippen molar-refractivity contribution in [1.29, 1.82) is 0 Å². The van der Waals surface area contributed by atoms with Gasteiger partial charge in [0.2, 0.25) is 5.91 Å². The van der Waals surface area contributed by atoms with Crippen LogP contribution in [-0.2, 0) is 9.59 Å². The minimum absolute atomic E-state index is 0.106. The Morgan fingerprint density at radius 2 is 2.08 bits per heavy atom. The topological polar surface area (TPSA) is 91.5 Å². The first-order valence-electron chi connectivity index (χ1n) is 7.99. The van der Waals surface area contributed by atoms with E-state index in [0.29, 0.717) is 16.5 Å². The molecule has 1 aliphatic heterocycles. The van der Waals surface area contributed by atoms with Crippen LogP contribution in [-0.4, -0.2) is 29.6 Å². The summed E-state index contributed by atoms with van der Waals surface area (Å²) in [6.45, 7) is 2.87. The lowest BCUT2D eigenvalue weighted by molar-refractivity contribution is -0.130. The molecule has 1 atom stereocenters. The summed E-state index contributed by atoms with van der Waals surface area (Å²) in [5.41, 5.74) is 5.69. The number of rotatable bonds is 6. The summed E-state index contributed by atoms with van der Waals surface area (Å²) in [6, 6.07) is 7.09. The van der Waals surface area contributed by atoms with Crippen molar-refractivity contribution in [3.8, 4) is 5.75 Å². The van der Waals surface area contributed by atoms with Crippen molar-refractivity contribution in [2.75, 3.05) is 11.9 Å². The number of ether oxygens (including phenoxy) is 1. The molecule has 2 amide bonds. The Kier molecular flexibility index (Phi) is 6.80. The second kappa shape index (κ2) is 9.07. The van der Waals surface area contributed by atoms with Crippen molar-refractivity contribution in [2.45, 2.75) is 38.7 Å². The van der Waals surface area contributed by atoms with E-state index in [4.69, 9.17) is 17.0 Å². The van der Waals surface area contributed by atoms with Crippen molar-refractivity contribution in [3.63, 3.8) is 0 Å². The second-order valence-corrected chi connectivity index (χ2v) is 5.84. The monoisotopic (exact) mass is 350 g/mol. The lowest BCUT2D eigenvalue weighted by Gasteiger charge is -2.25. The molecule has 0 spiro atoms. The van der Waals surface area contributed by atoms with Crippen LogP contribution in [0.25, 0.3) is 0 Å². The summed E-state index contributed by atoms with van der Waals surface area (Å²) >= 11 is 5.05. The van der Waals surface area contributed by atoms with Crippen molar-refractivity contribution in [3.05, 3.63) is 24.3 Å². The number of benzene rings is 1. The highest BCUT2D eigenvalue weighted by Gasteiger charge is 2.29. The molecule has 7 nitrogen and oxygen atoms in total. The van der Waals surface area contributed by atoms with Gasteiger partial charge in [-0.3, -0.25) is 20.4 Å². The van der Waals surface area contributed by atoms with E-state index in [-0.39, 0.29) is 18.2 Å². The van der Waals surface area contributed by atoms with Gasteiger partial charge in [0.15, 0.2) is 11.2 Å². The lowest BCUT2D eigenvalue weighted by Crippen LogP contribution is -2.49. The smallest absolute Gasteiger partial charge is 0.266 e. The number of carbonyl (C=O) groups excluding carboxylic acids is 2. The third-order valence-corrected chi connectivity index (χ3v) is 3.71. The molecule has 2 rings (SSSR count). The quantitative estimate of drug-likeness (QED) is 0.353. The third kappa shape index (κ3) is 5.38. The van der Waals surface area contributed by atoms with Crippen LogP contribution >= 0.6 is 12.2 Å². The number of hydrogen-bond donors (Lipinski definition) is 4. The number of amides is 2. The van der Waals surface area contributed by atoms with Crippen LogP contribution in [0.15, 0.2) is 24.3 Å². The Bertz CT molecular complexity index is 609. The molecule has 1 aromatic carbocycles. The zero-order chi connectivity index (χ0) is 17.4. The number of para-hydroxylation sites is 2. The molecule has 0 saturated heterocycles. The van der Waals surface area contributed by atoms with Gasteiger partial charge in [-0.25, -0.2) is 0 Å². The molecule has 0 radical (unpaired) electrons. The molecule has 0 bridgehead atoms. The van der Waals surface area contributed by atoms with Crippen LogP contribution in [0.1, 0.15) is 32.6 Å². The molecule has 0 unspecified atom stereocenters. The highest BCUT2D eigenvalue weighted by molar-refractivity contribution is 7.80. The molecule has 1 heterocycles. The van der Waals surface area contributed by atoms with Gasteiger partial charge in [-0.05, 0) is 30.8 Å². The summed E-state index contributed by atoms with van der Waals surface area (Å²) in [4.78, 5) is 23.9. The first-order valence-corrected chi connectivity index (χ1v) is 8.40. The van der Waals surface area contributed by atoms with E-state index < -0.39 is 6.10 Å². The summed E-state index contributed by atoms with van der Waals surface area (Å²) in [5.74, 6) is -0.174. The van der Waals surface area contributed by atoms with Crippen LogP contribution in [0.2, 0.25) is 0 Å². The summed E-state index contributed by atoms with van der Waals surface area (Å²) in [6.07, 6.45) is 2.30. The Morgan fingerprint density at radius 3 is 2.88 bits per heavy atom. The summed E-state index contributed by atoms with van der Waals surface area (Å²) in [5, 5.41) is 6.06. The molecule has 0 fully saturated rings. The van der Waals surface area contributed by atoms with Gasteiger partial charge in [0.25, 0.3) is 5.91 Å². The standard InChI is InChI=1S/C16H22N4O3S/c1-2-3-6-9-17-16(24)20-19-14(21)10-13-15(22)18-11-7-4-5-8-12(11)23-13/h4-5,7-8,13H,2-3,6,9-10H2,1H3,(H,18,22)(H,19,21)(H2,17,20,24)/t13-/m0/s1. The van der Waals surface area contributed by atoms with Crippen molar-refractivity contribution in [2.24, 2.45) is 0 Å². The first kappa shape index (κ1) is 18.0. The van der Waals surface area contributed by atoms with Crippen molar-refractivity contribution < 1.29 is 14.3 Å². The number of unbranched alkanes of at least 4 members (excludes halogenated alkanes) is 2. The maximum Gasteiger partial charge on any atom is 0.266 e. The molecule has 0 saturated carbocycles. The van der Waals surface area contributed by atoms with Crippen molar-refractivity contribution in [1.82, 2.24) is 16.2 Å². The Balaban J connectivity index is 1.73. The number of fused-ring (bicyclic) bond motifs is 1. The molecule has 0 aromatic heterocycles. The number of hydrazine groups is 1. The Hall–Kier alpha value is -2.35. The van der Waals surface area contributed by atoms with E-state index in [9.17, 15) is 9.59 Å². The number of thiocarbonyl (C=S) groups is 1. The predicted molar refractivity (Wildman–Crippen MR) is 95.5 cm³/mol. The number of anilines is 1. The largest absolute Gasteiger partial charge is 0.478 e. The molecule has 130 valence electrons. The molecular formula is C16H22N4O3S. The van der Waals surface area contributed by atoms with E-state index in [0.717, 1.165) is 25.8 Å². The van der Waals surface area contributed by atoms with E-state index in [1.165, 1.54) is 0 Å². The fraction of sp³-hybridized carbons (Fsp3) is 0.438. The van der Waals surface area contributed by atoms with Crippen LogP contribution in [0.4, 0.5) is 5.69 Å². The summed E-state index contributed by atoms with van der Waals surface area (Å²) < 4.78 is 5.56. The Labute approximate surface area is 146 Å². The molecule has 0 aliphatic carbocycles. The van der Waals surface area contributed by atoms with Crippen LogP contribution < -0.4 is 26.2 Å². The van der Waals surface area contributed by atoms with E-state index >= 15 is 0 Å². The molecule has 1 aromatic rings. The maximum absolute atomic E-state index is 12.0. The lowest BCUT2D eigenvalue weighted by atomic mass is 10.1. The zero-order valence-corrected chi connectivity index (χ0v) is 14.4. The third-order valence-electron chi connectivity index (χ3n) is 3.46. The van der Waals surface area contributed by atoms with E-state index in [2.05, 4.69) is 28.4 Å². The van der Waals surface area contributed by atoms with Gasteiger partial charge in [0.05, 0.1) is 12.1 Å². The van der Waals surface area contributed by atoms with Gasteiger partial charge < -0.3 is 15.4 Å². The Morgan fingerprint density at radius 1 is 1.29 bits per heavy atom. The minimum atomic E-state index is -0.868. The maximum atomic E-state index is 12.0. The second-order valence-electron chi connectivity index (χ2n) is 5.43. The van der Waals surface area contributed by atoms with Gasteiger partial charge in [0.1, 0.15) is 5.75 Å². The predicted octanol–water partition coefficient (Wildman–Crippen LogP) is 1.46. The van der Waals surface area contributed by atoms with Crippen LogP contribution in [0, 0.1) is 0 Å². The van der Waals surface area contributed by atoms with Gasteiger partial charge in [-0.15, -0.1) is 0 Å². The van der Waals surface area contributed by atoms with E-state index in [1.54, 1.807) is 24.3 Å². The van der Waals surface area contributed by atoms with Crippen LogP contribution in [0.3, 0.4) is 0 Å². The normalized spacial score (nSPS) is 15.5. The van der Waals surface area contributed by atoms with E-state index in [1.807, 2.05) is 0 Å². The molecule has 1 aliphatic rings. The van der Waals surface area contributed by atoms with Gasteiger partial charge in [-0.1, -0.05) is 31.9 Å². The highest BCUT2D eigenvalue weighted by atomic mass is 32.1. The average molecular weight is 350 g/mol.